The fraction of sp³-hybridized carbons (Fsp3) is 0.800. The molecule has 6 heteroatoms. The fourth-order valence-corrected chi connectivity index (χ4v) is 1.12. The first-order valence-electron chi connectivity index (χ1n) is 2.93. The van der Waals surface area contributed by atoms with Gasteiger partial charge >= 0.3 is 11.4 Å². The molecule has 0 fully saturated rings. The number of rotatable bonds is 2. The van der Waals surface area contributed by atoms with Crippen molar-refractivity contribution in [2.24, 2.45) is 0 Å². The zero-order valence-corrected chi connectivity index (χ0v) is 8.21. The van der Waals surface area contributed by atoms with Crippen molar-refractivity contribution >= 4 is 25.9 Å². The van der Waals surface area contributed by atoms with E-state index in [0.29, 0.717) is 0 Å². The van der Waals surface area contributed by atoms with E-state index in [1.807, 2.05) is 0 Å². The second-order valence-electron chi connectivity index (χ2n) is 3.00. The predicted molar refractivity (Wildman–Crippen MR) is 40.2 cm³/mol. The number of carbonyl (C=O) groups is 1. The Kier molecular flexibility index (Phi) is 3.02. The highest BCUT2D eigenvalue weighted by atomic mass is 35.5. The fourth-order valence-electron chi connectivity index (χ4n) is 0.336. The summed E-state index contributed by atoms with van der Waals surface area (Å²) in [4.78, 5) is 10.4. The molecule has 0 amide bonds. The number of hydrogen-bond acceptors (Lipinski definition) is 2. The van der Waals surface area contributed by atoms with Gasteiger partial charge in [-0.3, -0.25) is 0 Å². The Morgan fingerprint density at radius 2 is 1.82 bits per heavy atom. The van der Waals surface area contributed by atoms with Crippen molar-refractivity contribution in [3.05, 3.63) is 0 Å². The number of alkyl halides is 3. The third-order valence-corrected chi connectivity index (χ3v) is 1.58. The lowest BCUT2D eigenvalue weighted by atomic mass is 10.7. The lowest BCUT2D eigenvalue weighted by molar-refractivity contribution is -0.151. The molecular formula is C5H9ClF2O2Si. The van der Waals surface area contributed by atoms with Gasteiger partial charge in [-0.05, 0) is 31.2 Å². The van der Waals surface area contributed by atoms with Crippen molar-refractivity contribution in [3.63, 3.8) is 0 Å². The summed E-state index contributed by atoms with van der Waals surface area (Å²) in [5.41, 5.74) is 0. The minimum Gasteiger partial charge on any atom is -0.515 e. The summed E-state index contributed by atoms with van der Waals surface area (Å²) in [5, 5.41) is -3.89. The SMILES string of the molecule is C[Si](C)(C)OC(=O)C(F)(F)Cl. The van der Waals surface area contributed by atoms with E-state index in [2.05, 4.69) is 16.0 Å². The molecule has 0 aromatic rings. The molecule has 0 saturated carbocycles. The zero-order chi connectivity index (χ0) is 9.28. The van der Waals surface area contributed by atoms with Crippen molar-refractivity contribution in [2.75, 3.05) is 0 Å². The molecule has 0 spiro atoms. The molecule has 0 aliphatic rings. The summed E-state index contributed by atoms with van der Waals surface area (Å²) >= 11 is 4.40. The molecule has 0 bridgehead atoms. The van der Waals surface area contributed by atoms with E-state index >= 15 is 0 Å². The maximum absolute atomic E-state index is 12.0. The highest BCUT2D eigenvalue weighted by molar-refractivity contribution is 6.71. The summed E-state index contributed by atoms with van der Waals surface area (Å²) in [7, 11) is -2.24. The molecule has 0 aromatic carbocycles. The smallest absolute Gasteiger partial charge is 0.416 e. The second kappa shape index (κ2) is 3.06. The minimum atomic E-state index is -3.89. The number of hydrogen-bond donors (Lipinski definition) is 0. The van der Waals surface area contributed by atoms with Gasteiger partial charge in [-0.25, -0.2) is 4.79 Å². The predicted octanol–water partition coefficient (Wildman–Crippen LogP) is 2.20. The van der Waals surface area contributed by atoms with Gasteiger partial charge in [-0.1, -0.05) is 0 Å². The maximum Gasteiger partial charge on any atom is 0.416 e. The Morgan fingerprint density at radius 3 is 1.91 bits per heavy atom. The van der Waals surface area contributed by atoms with E-state index in [0.717, 1.165) is 0 Å². The Morgan fingerprint density at radius 1 is 1.45 bits per heavy atom. The van der Waals surface area contributed by atoms with Crippen molar-refractivity contribution in [1.82, 2.24) is 0 Å². The summed E-state index contributed by atoms with van der Waals surface area (Å²) in [6.45, 7) is 4.86. The van der Waals surface area contributed by atoms with E-state index in [-0.39, 0.29) is 0 Å². The molecule has 0 saturated heterocycles. The van der Waals surface area contributed by atoms with Gasteiger partial charge < -0.3 is 4.43 Å². The molecule has 0 aliphatic heterocycles. The molecule has 0 heterocycles. The zero-order valence-electron chi connectivity index (χ0n) is 6.45. The van der Waals surface area contributed by atoms with Gasteiger partial charge in [0.05, 0.1) is 0 Å². The summed E-state index contributed by atoms with van der Waals surface area (Å²) in [5.74, 6) is -1.65. The van der Waals surface area contributed by atoms with Gasteiger partial charge in [0.2, 0.25) is 8.32 Å². The monoisotopic (exact) mass is 202 g/mol. The Bertz CT molecular complexity index is 161. The van der Waals surface area contributed by atoms with Gasteiger partial charge in [-0.2, -0.15) is 8.78 Å². The van der Waals surface area contributed by atoms with Crippen molar-refractivity contribution in [1.29, 1.82) is 0 Å². The third-order valence-electron chi connectivity index (χ3n) is 0.630. The summed E-state index contributed by atoms with van der Waals surface area (Å²) in [6.07, 6.45) is 0. The largest absolute Gasteiger partial charge is 0.515 e. The average molecular weight is 203 g/mol. The highest BCUT2D eigenvalue weighted by Crippen LogP contribution is 2.22. The number of halogens is 3. The van der Waals surface area contributed by atoms with E-state index in [4.69, 9.17) is 0 Å². The van der Waals surface area contributed by atoms with Crippen LogP contribution in [-0.2, 0) is 9.22 Å². The molecule has 66 valence electrons. The van der Waals surface area contributed by atoms with Crippen LogP contribution in [0.4, 0.5) is 8.78 Å². The summed E-state index contributed by atoms with van der Waals surface area (Å²) in [6, 6.07) is 0. The lowest BCUT2D eigenvalue weighted by Gasteiger charge is -2.18. The van der Waals surface area contributed by atoms with E-state index < -0.39 is 19.7 Å². The topological polar surface area (TPSA) is 26.3 Å². The molecule has 2 nitrogen and oxygen atoms in total. The Hall–Kier alpha value is -0.163. The average Bonchev–Trinajstić information content (AvgIpc) is 1.56. The molecule has 0 unspecified atom stereocenters. The standard InChI is InChI=1S/C5H9ClF2O2Si/c1-11(2,3)10-4(9)5(6,7)8/h1-3H3. The van der Waals surface area contributed by atoms with Crippen LogP contribution in [0.5, 0.6) is 0 Å². The van der Waals surface area contributed by atoms with Gasteiger partial charge in [0.1, 0.15) is 0 Å². The van der Waals surface area contributed by atoms with Crippen LogP contribution in [0.25, 0.3) is 0 Å². The molecule has 0 atom stereocenters. The van der Waals surface area contributed by atoms with E-state index in [9.17, 15) is 13.6 Å². The molecule has 0 aromatic heterocycles. The number of carbonyl (C=O) groups excluding carboxylic acids is 1. The van der Waals surface area contributed by atoms with Gasteiger partial charge in [0.15, 0.2) is 0 Å². The molecule has 0 rings (SSSR count). The summed E-state index contributed by atoms with van der Waals surface area (Å²) < 4.78 is 28.3. The minimum absolute atomic E-state index is 1.62. The van der Waals surface area contributed by atoms with Crippen LogP contribution < -0.4 is 0 Å². The molecule has 0 radical (unpaired) electrons. The second-order valence-corrected chi connectivity index (χ2v) is 7.90. The molecule has 0 aliphatic carbocycles. The van der Waals surface area contributed by atoms with Crippen molar-refractivity contribution in [2.45, 2.75) is 25.0 Å². The quantitative estimate of drug-likeness (QED) is 0.507. The van der Waals surface area contributed by atoms with Crippen molar-refractivity contribution in [3.8, 4) is 0 Å². The van der Waals surface area contributed by atoms with E-state index in [1.54, 1.807) is 19.6 Å². The first kappa shape index (κ1) is 10.8. The van der Waals surface area contributed by atoms with Crippen molar-refractivity contribution < 1.29 is 18.0 Å². The van der Waals surface area contributed by atoms with Crippen LogP contribution in [0.1, 0.15) is 0 Å². The lowest BCUT2D eigenvalue weighted by Crippen LogP contribution is -2.36. The molecule has 11 heavy (non-hydrogen) atoms. The van der Waals surface area contributed by atoms with Crippen LogP contribution in [0.2, 0.25) is 19.6 Å². The van der Waals surface area contributed by atoms with Gasteiger partial charge in [0.25, 0.3) is 0 Å². The van der Waals surface area contributed by atoms with Crippen LogP contribution in [0.15, 0.2) is 0 Å². The third kappa shape index (κ3) is 5.14. The van der Waals surface area contributed by atoms with Gasteiger partial charge in [0, 0.05) is 0 Å². The Balaban J connectivity index is 4.11. The van der Waals surface area contributed by atoms with Crippen LogP contribution >= 0.6 is 11.6 Å². The normalized spacial score (nSPS) is 12.9. The molecular weight excluding hydrogens is 194 g/mol. The first-order valence-corrected chi connectivity index (χ1v) is 6.72. The van der Waals surface area contributed by atoms with Crippen LogP contribution in [-0.4, -0.2) is 19.7 Å². The maximum atomic E-state index is 12.0. The van der Waals surface area contributed by atoms with Crippen LogP contribution in [0, 0.1) is 0 Å². The van der Waals surface area contributed by atoms with Crippen LogP contribution in [0.3, 0.4) is 0 Å². The van der Waals surface area contributed by atoms with Gasteiger partial charge in [-0.15, -0.1) is 0 Å². The van der Waals surface area contributed by atoms with E-state index in [1.165, 1.54) is 0 Å². The first-order chi connectivity index (χ1) is 4.63. The Labute approximate surface area is 69.6 Å². The highest BCUT2D eigenvalue weighted by Gasteiger charge is 2.40. The molecule has 0 N–H and O–H groups in total.